The second-order valence-corrected chi connectivity index (χ2v) is 6.81. The predicted octanol–water partition coefficient (Wildman–Crippen LogP) is 3.86. The zero-order valence-electron chi connectivity index (χ0n) is 16.9. The maximum Gasteiger partial charge on any atom is 0.262 e. The number of methoxy groups -OCH3 is 2. The molecule has 30 heavy (non-hydrogen) atoms. The van der Waals surface area contributed by atoms with Gasteiger partial charge in [0.1, 0.15) is 11.5 Å². The van der Waals surface area contributed by atoms with Crippen molar-refractivity contribution in [3.05, 3.63) is 60.9 Å². The number of hydrogen-bond acceptors (Lipinski definition) is 5. The van der Waals surface area contributed by atoms with Gasteiger partial charge in [-0.15, -0.1) is 0 Å². The molecule has 7 nitrogen and oxygen atoms in total. The second kappa shape index (κ2) is 8.84. The average molecular weight is 405 g/mol. The number of carbonyl (C=O) groups excluding carboxylic acids is 1. The fourth-order valence-electron chi connectivity index (χ4n) is 3.34. The van der Waals surface area contributed by atoms with Crippen molar-refractivity contribution in [2.75, 3.05) is 32.8 Å². The van der Waals surface area contributed by atoms with Crippen molar-refractivity contribution >= 4 is 33.4 Å². The van der Waals surface area contributed by atoms with Crippen molar-refractivity contribution in [3.8, 4) is 11.5 Å². The molecule has 154 valence electrons. The van der Waals surface area contributed by atoms with Gasteiger partial charge in [-0.2, -0.15) is 0 Å². The molecule has 1 amide bonds. The first-order valence-electron chi connectivity index (χ1n) is 9.61. The molecule has 0 aliphatic heterocycles. The number of ether oxygens (including phenoxy) is 3. The summed E-state index contributed by atoms with van der Waals surface area (Å²) in [6.45, 7) is 1.29. The molecule has 0 saturated heterocycles. The van der Waals surface area contributed by atoms with Crippen LogP contribution in [0.5, 0.6) is 11.5 Å². The molecule has 4 aromatic rings. The minimum atomic E-state index is -0.250. The van der Waals surface area contributed by atoms with Gasteiger partial charge in [-0.3, -0.25) is 9.78 Å². The van der Waals surface area contributed by atoms with Gasteiger partial charge in [-0.1, -0.05) is 6.07 Å². The standard InChI is InChI=1S/C23H23N3O4/c1-28-11-10-26-9-8-19-21(26)4-3-5-22(19)30-15-23(27)25-17-12-16-6-7-18(29-2)13-20(16)24-14-17/h3-9,12-14H,10-11,15H2,1-2H3,(H,25,27). The summed E-state index contributed by atoms with van der Waals surface area (Å²) in [7, 11) is 3.30. The van der Waals surface area contributed by atoms with Crippen LogP contribution in [0, 0.1) is 0 Å². The van der Waals surface area contributed by atoms with Gasteiger partial charge in [-0.25, -0.2) is 0 Å². The minimum absolute atomic E-state index is 0.0942. The van der Waals surface area contributed by atoms with E-state index in [1.807, 2.05) is 54.7 Å². The van der Waals surface area contributed by atoms with E-state index in [0.717, 1.165) is 34.1 Å². The number of fused-ring (bicyclic) bond motifs is 2. The first-order chi connectivity index (χ1) is 14.7. The van der Waals surface area contributed by atoms with Gasteiger partial charge in [0.05, 0.1) is 36.6 Å². The molecular weight excluding hydrogens is 382 g/mol. The molecule has 0 spiro atoms. The van der Waals surface area contributed by atoms with E-state index >= 15 is 0 Å². The largest absolute Gasteiger partial charge is 0.497 e. The molecule has 0 aliphatic carbocycles. The van der Waals surface area contributed by atoms with E-state index in [1.54, 1.807) is 20.4 Å². The number of aromatic nitrogens is 2. The molecule has 0 radical (unpaired) electrons. The predicted molar refractivity (Wildman–Crippen MR) is 116 cm³/mol. The van der Waals surface area contributed by atoms with Crippen LogP contribution in [-0.4, -0.2) is 42.9 Å². The van der Waals surface area contributed by atoms with E-state index in [-0.39, 0.29) is 12.5 Å². The maximum absolute atomic E-state index is 12.4. The number of amides is 1. The Balaban J connectivity index is 1.42. The summed E-state index contributed by atoms with van der Waals surface area (Å²) in [4.78, 5) is 16.8. The Morgan fingerprint density at radius 3 is 2.87 bits per heavy atom. The summed E-state index contributed by atoms with van der Waals surface area (Å²) in [6, 6.07) is 15.3. The molecule has 1 N–H and O–H groups in total. The van der Waals surface area contributed by atoms with Gasteiger partial charge >= 0.3 is 0 Å². The average Bonchev–Trinajstić information content (AvgIpc) is 3.19. The van der Waals surface area contributed by atoms with Crippen molar-refractivity contribution in [3.63, 3.8) is 0 Å². The normalized spacial score (nSPS) is 11.0. The number of hydrogen-bond donors (Lipinski definition) is 1. The fourth-order valence-corrected chi connectivity index (χ4v) is 3.34. The van der Waals surface area contributed by atoms with Gasteiger partial charge < -0.3 is 24.1 Å². The number of benzene rings is 2. The monoisotopic (exact) mass is 405 g/mol. The van der Waals surface area contributed by atoms with Gasteiger partial charge in [0.15, 0.2) is 6.61 Å². The van der Waals surface area contributed by atoms with E-state index < -0.39 is 0 Å². The van der Waals surface area contributed by atoms with E-state index in [4.69, 9.17) is 14.2 Å². The zero-order chi connectivity index (χ0) is 20.9. The lowest BCUT2D eigenvalue weighted by atomic mass is 10.2. The highest BCUT2D eigenvalue weighted by Crippen LogP contribution is 2.27. The molecule has 2 heterocycles. The third kappa shape index (κ3) is 4.21. The van der Waals surface area contributed by atoms with Crippen LogP contribution >= 0.6 is 0 Å². The Bertz CT molecular complexity index is 1190. The first kappa shape index (κ1) is 19.7. The highest BCUT2D eigenvalue weighted by atomic mass is 16.5. The summed E-state index contributed by atoms with van der Waals surface area (Å²) in [5.74, 6) is 1.16. The van der Waals surface area contributed by atoms with E-state index in [9.17, 15) is 4.79 Å². The van der Waals surface area contributed by atoms with Crippen LogP contribution in [0.3, 0.4) is 0 Å². The number of anilines is 1. The third-order valence-electron chi connectivity index (χ3n) is 4.84. The number of pyridine rings is 1. The summed E-state index contributed by atoms with van der Waals surface area (Å²) < 4.78 is 18.3. The summed E-state index contributed by atoms with van der Waals surface area (Å²) in [5.41, 5.74) is 2.46. The smallest absolute Gasteiger partial charge is 0.262 e. The highest BCUT2D eigenvalue weighted by molar-refractivity contribution is 5.94. The maximum atomic E-state index is 12.4. The molecular formula is C23H23N3O4. The third-order valence-corrected chi connectivity index (χ3v) is 4.84. The molecule has 4 rings (SSSR count). The van der Waals surface area contributed by atoms with Crippen LogP contribution in [0.15, 0.2) is 60.9 Å². The SMILES string of the molecule is COCCn1ccc2c(OCC(=O)Nc3cnc4cc(OC)ccc4c3)cccc21. The Kier molecular flexibility index (Phi) is 5.81. The molecule has 0 unspecified atom stereocenters. The lowest BCUT2D eigenvalue weighted by molar-refractivity contribution is -0.118. The van der Waals surface area contributed by atoms with Gasteiger partial charge in [0.25, 0.3) is 5.91 Å². The number of nitrogens with zero attached hydrogens (tertiary/aromatic N) is 2. The van der Waals surface area contributed by atoms with Gasteiger partial charge in [0.2, 0.25) is 0 Å². The minimum Gasteiger partial charge on any atom is -0.497 e. The van der Waals surface area contributed by atoms with Gasteiger partial charge in [-0.05, 0) is 36.4 Å². The fraction of sp³-hybridized carbons (Fsp3) is 0.217. The number of carbonyl (C=O) groups is 1. The van der Waals surface area contributed by atoms with Crippen molar-refractivity contribution in [1.82, 2.24) is 9.55 Å². The van der Waals surface area contributed by atoms with E-state index in [2.05, 4.69) is 14.9 Å². The van der Waals surface area contributed by atoms with Crippen LogP contribution in [-0.2, 0) is 16.1 Å². The van der Waals surface area contributed by atoms with E-state index in [1.165, 1.54) is 0 Å². The summed E-state index contributed by atoms with van der Waals surface area (Å²) >= 11 is 0. The lowest BCUT2D eigenvalue weighted by Gasteiger charge is -2.10. The van der Waals surface area contributed by atoms with Crippen molar-refractivity contribution in [2.24, 2.45) is 0 Å². The van der Waals surface area contributed by atoms with Crippen LogP contribution in [0.1, 0.15) is 0 Å². The second-order valence-electron chi connectivity index (χ2n) is 6.81. The zero-order valence-corrected chi connectivity index (χ0v) is 16.9. The van der Waals surface area contributed by atoms with Crippen LogP contribution in [0.25, 0.3) is 21.8 Å². The topological polar surface area (TPSA) is 74.6 Å². The molecule has 0 bridgehead atoms. The Morgan fingerprint density at radius 1 is 1.13 bits per heavy atom. The first-order valence-corrected chi connectivity index (χ1v) is 9.61. The Labute approximate surface area is 174 Å². The Morgan fingerprint density at radius 2 is 2.03 bits per heavy atom. The van der Waals surface area contributed by atoms with E-state index in [0.29, 0.717) is 18.0 Å². The van der Waals surface area contributed by atoms with Crippen molar-refractivity contribution in [1.29, 1.82) is 0 Å². The molecule has 0 fully saturated rings. The molecule has 2 aromatic heterocycles. The molecule has 2 aromatic carbocycles. The van der Waals surface area contributed by atoms with Gasteiger partial charge in [0, 0.05) is 36.7 Å². The number of rotatable bonds is 8. The molecule has 7 heteroatoms. The van der Waals surface area contributed by atoms with Crippen LogP contribution in [0.2, 0.25) is 0 Å². The van der Waals surface area contributed by atoms with Crippen LogP contribution < -0.4 is 14.8 Å². The molecule has 0 aliphatic rings. The van der Waals surface area contributed by atoms with Crippen molar-refractivity contribution in [2.45, 2.75) is 6.54 Å². The van der Waals surface area contributed by atoms with Crippen molar-refractivity contribution < 1.29 is 19.0 Å². The molecule has 0 atom stereocenters. The summed E-state index contributed by atoms with van der Waals surface area (Å²) in [6.07, 6.45) is 3.61. The van der Waals surface area contributed by atoms with Crippen LogP contribution in [0.4, 0.5) is 5.69 Å². The number of nitrogens with one attached hydrogen (secondary N) is 1. The lowest BCUT2D eigenvalue weighted by Crippen LogP contribution is -2.20. The quantitative estimate of drug-likeness (QED) is 0.482. The molecule has 0 saturated carbocycles. The summed E-state index contributed by atoms with van der Waals surface area (Å²) in [5, 5.41) is 4.71. The highest BCUT2D eigenvalue weighted by Gasteiger charge is 2.10. The Hall–Kier alpha value is -3.58.